The number of nitrogens with zero attached hydrogens (tertiary/aromatic N) is 2. The van der Waals surface area contributed by atoms with Crippen molar-refractivity contribution in [2.45, 2.75) is 19.4 Å². The van der Waals surface area contributed by atoms with E-state index in [1.54, 1.807) is 11.9 Å². The first-order valence-corrected chi connectivity index (χ1v) is 7.24. The molecule has 1 aromatic carbocycles. The number of hydrogen-bond donors (Lipinski definition) is 1. The second-order valence-corrected chi connectivity index (χ2v) is 5.65. The van der Waals surface area contributed by atoms with Crippen molar-refractivity contribution in [2.75, 3.05) is 26.7 Å². The maximum atomic E-state index is 12.3. The molecule has 1 fully saturated rings. The third kappa shape index (κ3) is 3.82. The van der Waals surface area contributed by atoms with Gasteiger partial charge in [-0.2, -0.15) is 0 Å². The molecule has 0 bridgehead atoms. The molecule has 1 aliphatic heterocycles. The molecular formula is C16H22N2O3. The van der Waals surface area contributed by atoms with Crippen LogP contribution in [0.4, 0.5) is 0 Å². The molecular weight excluding hydrogens is 268 g/mol. The molecule has 1 N–H and O–H groups in total. The lowest BCUT2D eigenvalue weighted by Gasteiger charge is -2.27. The lowest BCUT2D eigenvalue weighted by molar-refractivity contribution is -0.141. The fraction of sp³-hybridized carbons (Fsp3) is 0.500. The molecule has 5 nitrogen and oxygen atoms in total. The van der Waals surface area contributed by atoms with E-state index in [0.717, 1.165) is 5.56 Å². The van der Waals surface area contributed by atoms with E-state index in [2.05, 4.69) is 0 Å². The number of rotatable bonds is 5. The van der Waals surface area contributed by atoms with Gasteiger partial charge in [-0.25, -0.2) is 0 Å². The summed E-state index contributed by atoms with van der Waals surface area (Å²) in [6, 6.07) is 9.89. The molecule has 2 rings (SSSR count). The molecule has 0 aromatic heterocycles. The van der Waals surface area contributed by atoms with Gasteiger partial charge in [-0.1, -0.05) is 30.3 Å². The van der Waals surface area contributed by atoms with Crippen molar-refractivity contribution in [3.63, 3.8) is 0 Å². The number of aliphatic carboxylic acids is 1. The first-order valence-electron chi connectivity index (χ1n) is 7.24. The number of likely N-dealkylation sites (tertiary alicyclic amines) is 1. The third-order valence-corrected chi connectivity index (χ3v) is 4.24. The molecule has 0 unspecified atom stereocenters. The predicted octanol–water partition coefficient (Wildman–Crippen LogP) is 1.61. The predicted molar refractivity (Wildman–Crippen MR) is 79.8 cm³/mol. The summed E-state index contributed by atoms with van der Waals surface area (Å²) in [4.78, 5) is 26.9. The quantitative estimate of drug-likeness (QED) is 0.895. The number of likely N-dealkylation sites (N-methyl/N-ethyl adjacent to an activating group) is 1. The molecule has 0 radical (unpaired) electrons. The Kier molecular flexibility index (Phi) is 4.96. The van der Waals surface area contributed by atoms with Gasteiger partial charge in [0.15, 0.2) is 0 Å². The van der Waals surface area contributed by atoms with Crippen LogP contribution in [0.25, 0.3) is 0 Å². The van der Waals surface area contributed by atoms with Crippen LogP contribution in [0.1, 0.15) is 24.9 Å². The Balaban J connectivity index is 1.90. The van der Waals surface area contributed by atoms with Crippen molar-refractivity contribution in [3.8, 4) is 0 Å². The van der Waals surface area contributed by atoms with Gasteiger partial charge in [-0.05, 0) is 25.5 Å². The average molecular weight is 290 g/mol. The first-order chi connectivity index (χ1) is 9.99. The van der Waals surface area contributed by atoms with Crippen LogP contribution in [0, 0.1) is 5.92 Å². The van der Waals surface area contributed by atoms with Gasteiger partial charge in [0.2, 0.25) is 5.91 Å². The molecule has 5 heteroatoms. The van der Waals surface area contributed by atoms with E-state index < -0.39 is 5.97 Å². The van der Waals surface area contributed by atoms with Crippen molar-refractivity contribution in [2.24, 2.45) is 5.92 Å². The van der Waals surface area contributed by atoms with Crippen LogP contribution in [0.5, 0.6) is 0 Å². The molecule has 1 heterocycles. The first kappa shape index (κ1) is 15.5. The number of carbonyl (C=O) groups is 2. The zero-order valence-corrected chi connectivity index (χ0v) is 12.5. The van der Waals surface area contributed by atoms with Gasteiger partial charge < -0.3 is 10.0 Å². The highest BCUT2D eigenvalue weighted by Gasteiger charge is 2.30. The number of hydrogen-bond acceptors (Lipinski definition) is 3. The molecule has 1 aliphatic rings. The molecule has 0 spiro atoms. The minimum atomic E-state index is -0.768. The molecule has 21 heavy (non-hydrogen) atoms. The Morgan fingerprint density at radius 2 is 2.05 bits per heavy atom. The fourth-order valence-corrected chi connectivity index (χ4v) is 2.65. The van der Waals surface area contributed by atoms with Crippen molar-refractivity contribution in [3.05, 3.63) is 35.9 Å². The highest BCUT2D eigenvalue weighted by molar-refractivity contribution is 5.78. The largest absolute Gasteiger partial charge is 0.481 e. The molecule has 0 aliphatic carbocycles. The van der Waals surface area contributed by atoms with Crippen molar-refractivity contribution >= 4 is 11.9 Å². The van der Waals surface area contributed by atoms with Crippen LogP contribution in [-0.2, 0) is 9.59 Å². The molecule has 2 atom stereocenters. The lowest BCUT2D eigenvalue weighted by Crippen LogP contribution is -2.39. The number of amides is 1. The van der Waals surface area contributed by atoms with Crippen molar-refractivity contribution < 1.29 is 14.7 Å². The van der Waals surface area contributed by atoms with Gasteiger partial charge >= 0.3 is 5.97 Å². The molecule has 114 valence electrons. The monoisotopic (exact) mass is 290 g/mol. The Labute approximate surface area is 125 Å². The lowest BCUT2D eigenvalue weighted by atomic mass is 10.1. The van der Waals surface area contributed by atoms with Crippen LogP contribution < -0.4 is 0 Å². The standard InChI is InChI=1S/C16H22N2O3/c1-12(13-6-4-3-5-7-13)17(2)15(19)11-18-9-8-14(10-18)16(20)21/h3-7,12,14H,8-11H2,1-2H3,(H,20,21)/t12-,14-/m1/s1. The average Bonchev–Trinajstić information content (AvgIpc) is 2.95. The minimum absolute atomic E-state index is 0.0107. The van der Waals surface area contributed by atoms with Gasteiger partial charge in [0, 0.05) is 13.6 Å². The summed E-state index contributed by atoms with van der Waals surface area (Å²) in [6.45, 7) is 3.43. The van der Waals surface area contributed by atoms with E-state index in [9.17, 15) is 9.59 Å². The third-order valence-electron chi connectivity index (χ3n) is 4.24. The van der Waals surface area contributed by atoms with Crippen LogP contribution in [0.15, 0.2) is 30.3 Å². The van der Waals surface area contributed by atoms with Crippen LogP contribution in [-0.4, -0.2) is 53.5 Å². The second-order valence-electron chi connectivity index (χ2n) is 5.65. The van der Waals surface area contributed by atoms with Gasteiger partial charge in [0.1, 0.15) is 0 Å². The Morgan fingerprint density at radius 1 is 1.38 bits per heavy atom. The van der Waals surface area contributed by atoms with E-state index in [0.29, 0.717) is 19.5 Å². The summed E-state index contributed by atoms with van der Waals surface area (Å²) in [5.74, 6) is -1.08. The normalized spacial score (nSPS) is 20.2. The van der Waals surface area contributed by atoms with Crippen LogP contribution in [0.2, 0.25) is 0 Å². The number of benzene rings is 1. The van der Waals surface area contributed by atoms with E-state index in [1.807, 2.05) is 42.2 Å². The summed E-state index contributed by atoms with van der Waals surface area (Å²) >= 11 is 0. The molecule has 1 aromatic rings. The molecule has 1 saturated heterocycles. The van der Waals surface area contributed by atoms with E-state index in [1.165, 1.54) is 0 Å². The van der Waals surface area contributed by atoms with Gasteiger partial charge in [-0.3, -0.25) is 14.5 Å². The maximum absolute atomic E-state index is 12.3. The number of carboxylic acid groups (broad SMARTS) is 1. The molecule has 0 saturated carbocycles. The maximum Gasteiger partial charge on any atom is 0.307 e. The summed E-state index contributed by atoms with van der Waals surface area (Å²) in [7, 11) is 1.80. The van der Waals surface area contributed by atoms with Gasteiger partial charge in [0.05, 0.1) is 18.5 Å². The summed E-state index contributed by atoms with van der Waals surface area (Å²) in [5, 5.41) is 8.99. The fourth-order valence-electron chi connectivity index (χ4n) is 2.65. The Bertz CT molecular complexity index is 504. The minimum Gasteiger partial charge on any atom is -0.481 e. The van der Waals surface area contributed by atoms with E-state index in [4.69, 9.17) is 5.11 Å². The summed E-state index contributed by atoms with van der Waals surface area (Å²) in [5.41, 5.74) is 1.10. The number of carbonyl (C=O) groups excluding carboxylic acids is 1. The molecule has 1 amide bonds. The topological polar surface area (TPSA) is 60.9 Å². The van der Waals surface area contributed by atoms with Crippen LogP contribution in [0.3, 0.4) is 0 Å². The highest BCUT2D eigenvalue weighted by atomic mass is 16.4. The van der Waals surface area contributed by atoms with Gasteiger partial charge in [-0.15, -0.1) is 0 Å². The van der Waals surface area contributed by atoms with E-state index in [-0.39, 0.29) is 24.4 Å². The zero-order chi connectivity index (χ0) is 15.4. The van der Waals surface area contributed by atoms with Gasteiger partial charge in [0.25, 0.3) is 0 Å². The summed E-state index contributed by atoms with van der Waals surface area (Å²) < 4.78 is 0. The SMILES string of the molecule is C[C@H](c1ccccc1)N(C)C(=O)CN1CC[C@@H](C(=O)O)C1. The number of carboxylic acids is 1. The Hall–Kier alpha value is -1.88. The zero-order valence-electron chi connectivity index (χ0n) is 12.5. The Morgan fingerprint density at radius 3 is 2.62 bits per heavy atom. The summed E-state index contributed by atoms with van der Waals surface area (Å²) in [6.07, 6.45) is 0.626. The van der Waals surface area contributed by atoms with E-state index >= 15 is 0 Å². The van der Waals surface area contributed by atoms with Crippen molar-refractivity contribution in [1.82, 2.24) is 9.80 Å². The van der Waals surface area contributed by atoms with Crippen LogP contribution >= 0.6 is 0 Å². The van der Waals surface area contributed by atoms with Crippen molar-refractivity contribution in [1.29, 1.82) is 0 Å². The second kappa shape index (κ2) is 6.72. The highest BCUT2D eigenvalue weighted by Crippen LogP contribution is 2.20. The smallest absolute Gasteiger partial charge is 0.307 e.